The van der Waals surface area contributed by atoms with Crippen LogP contribution >= 0.6 is 10.7 Å². The second-order valence-electron chi connectivity index (χ2n) is 4.24. The first kappa shape index (κ1) is 16.7. The molecule has 120 valence electrons. The molecule has 0 aliphatic rings. The minimum atomic E-state index is -4.51. The number of benzene rings is 2. The highest BCUT2D eigenvalue weighted by molar-refractivity contribution is 8.13. The molecular formula is C13H8ClNO7S. The summed E-state index contributed by atoms with van der Waals surface area (Å²) >= 11 is 0. The highest BCUT2D eigenvalue weighted by Crippen LogP contribution is 2.34. The third-order valence-electron chi connectivity index (χ3n) is 2.71. The molecule has 0 atom stereocenters. The van der Waals surface area contributed by atoms with Gasteiger partial charge in [0.05, 0.1) is 4.92 Å². The molecule has 0 amide bonds. The Balaban J connectivity index is 2.55. The molecule has 0 heterocycles. The van der Waals surface area contributed by atoms with E-state index in [4.69, 9.17) is 15.4 Å². The van der Waals surface area contributed by atoms with E-state index < -0.39 is 41.8 Å². The summed E-state index contributed by atoms with van der Waals surface area (Å²) < 4.78 is 27.7. The van der Waals surface area contributed by atoms with Gasteiger partial charge in [0.1, 0.15) is 16.2 Å². The molecule has 2 rings (SSSR count). The minimum Gasteiger partial charge on any atom is -0.506 e. The standard InChI is InChI=1S/C13H8ClNO7S/c14-23(20,21)11-7-8(15(18)19)6-10(12(11)16)13(17)22-9-4-2-1-3-5-9/h1-7,16H. The largest absolute Gasteiger partial charge is 0.506 e. The number of para-hydroxylation sites is 1. The van der Waals surface area contributed by atoms with Gasteiger partial charge >= 0.3 is 5.97 Å². The van der Waals surface area contributed by atoms with Crippen molar-refractivity contribution in [1.82, 2.24) is 0 Å². The summed E-state index contributed by atoms with van der Waals surface area (Å²) in [6.45, 7) is 0. The third-order valence-corrected chi connectivity index (χ3v) is 4.04. The van der Waals surface area contributed by atoms with E-state index in [1.807, 2.05) is 0 Å². The lowest BCUT2D eigenvalue weighted by atomic mass is 10.2. The lowest BCUT2D eigenvalue weighted by Gasteiger charge is -2.08. The van der Waals surface area contributed by atoms with Crippen molar-refractivity contribution < 1.29 is 28.0 Å². The van der Waals surface area contributed by atoms with Gasteiger partial charge in [0, 0.05) is 22.8 Å². The van der Waals surface area contributed by atoms with E-state index >= 15 is 0 Å². The molecule has 0 aliphatic heterocycles. The smallest absolute Gasteiger partial charge is 0.347 e. The maximum Gasteiger partial charge on any atom is 0.347 e. The third kappa shape index (κ3) is 3.76. The molecule has 0 saturated carbocycles. The van der Waals surface area contributed by atoms with Crippen molar-refractivity contribution in [2.45, 2.75) is 4.90 Å². The molecule has 0 fully saturated rings. The fourth-order valence-electron chi connectivity index (χ4n) is 1.69. The Hall–Kier alpha value is -2.65. The van der Waals surface area contributed by atoms with Gasteiger partial charge in [-0.25, -0.2) is 13.2 Å². The van der Waals surface area contributed by atoms with Crippen molar-refractivity contribution in [1.29, 1.82) is 0 Å². The van der Waals surface area contributed by atoms with Gasteiger partial charge in [-0.05, 0) is 12.1 Å². The summed E-state index contributed by atoms with van der Waals surface area (Å²) in [6, 6.07) is 8.94. The van der Waals surface area contributed by atoms with E-state index in [2.05, 4.69) is 0 Å². The number of rotatable bonds is 4. The predicted molar refractivity (Wildman–Crippen MR) is 79.2 cm³/mol. The molecule has 1 N–H and O–H groups in total. The lowest BCUT2D eigenvalue weighted by Crippen LogP contribution is -2.11. The maximum absolute atomic E-state index is 12.0. The highest BCUT2D eigenvalue weighted by Gasteiger charge is 2.27. The molecule has 0 unspecified atom stereocenters. The topological polar surface area (TPSA) is 124 Å². The lowest BCUT2D eigenvalue weighted by molar-refractivity contribution is -0.385. The Labute approximate surface area is 134 Å². The van der Waals surface area contributed by atoms with Gasteiger partial charge in [-0.15, -0.1) is 0 Å². The monoisotopic (exact) mass is 357 g/mol. The van der Waals surface area contributed by atoms with Crippen LogP contribution in [0.15, 0.2) is 47.4 Å². The molecule has 0 spiro atoms. The van der Waals surface area contributed by atoms with E-state index in [0.717, 1.165) is 0 Å². The van der Waals surface area contributed by atoms with Crippen molar-refractivity contribution >= 4 is 31.4 Å². The van der Waals surface area contributed by atoms with Crippen molar-refractivity contribution in [3.8, 4) is 11.5 Å². The van der Waals surface area contributed by atoms with Gasteiger partial charge < -0.3 is 9.84 Å². The van der Waals surface area contributed by atoms with Crippen LogP contribution in [0.25, 0.3) is 0 Å². The highest BCUT2D eigenvalue weighted by atomic mass is 35.7. The van der Waals surface area contributed by atoms with Crippen LogP contribution in [0.4, 0.5) is 5.69 Å². The van der Waals surface area contributed by atoms with Crippen molar-refractivity contribution in [2.24, 2.45) is 0 Å². The summed E-state index contributed by atoms with van der Waals surface area (Å²) in [5.74, 6) is -2.08. The summed E-state index contributed by atoms with van der Waals surface area (Å²) in [5, 5.41) is 20.8. The van der Waals surface area contributed by atoms with Gasteiger partial charge in [0.15, 0.2) is 5.75 Å². The zero-order valence-electron chi connectivity index (χ0n) is 11.2. The number of phenols is 1. The van der Waals surface area contributed by atoms with Gasteiger partial charge in [-0.3, -0.25) is 10.1 Å². The van der Waals surface area contributed by atoms with Gasteiger partial charge in [0.2, 0.25) is 0 Å². The van der Waals surface area contributed by atoms with Gasteiger partial charge in [0.25, 0.3) is 14.7 Å². The number of hydrogen-bond acceptors (Lipinski definition) is 7. The van der Waals surface area contributed by atoms with Crippen molar-refractivity contribution in [3.05, 3.63) is 58.1 Å². The van der Waals surface area contributed by atoms with Crippen LogP contribution in [0.1, 0.15) is 10.4 Å². The molecule has 0 bridgehead atoms. The maximum atomic E-state index is 12.0. The summed E-state index contributed by atoms with van der Waals surface area (Å²) in [7, 11) is 0.606. The molecule has 23 heavy (non-hydrogen) atoms. The van der Waals surface area contributed by atoms with Crippen molar-refractivity contribution in [2.75, 3.05) is 0 Å². The Morgan fingerprint density at radius 3 is 2.35 bits per heavy atom. The molecule has 0 radical (unpaired) electrons. The molecule has 0 aliphatic carbocycles. The van der Waals surface area contributed by atoms with Gasteiger partial charge in [-0.1, -0.05) is 18.2 Å². The van der Waals surface area contributed by atoms with Crippen LogP contribution in [0.3, 0.4) is 0 Å². The Bertz CT molecular complexity index is 881. The average Bonchev–Trinajstić information content (AvgIpc) is 2.46. The predicted octanol–water partition coefficient (Wildman–Crippen LogP) is 2.45. The van der Waals surface area contributed by atoms with Crippen LogP contribution in [0.2, 0.25) is 0 Å². The molecule has 10 heteroatoms. The number of carbonyl (C=O) groups is 1. The number of carbonyl (C=O) groups excluding carboxylic acids is 1. The number of nitro groups is 1. The number of aromatic hydroxyl groups is 1. The first-order valence-corrected chi connectivity index (χ1v) is 8.24. The van der Waals surface area contributed by atoms with Crippen LogP contribution < -0.4 is 4.74 Å². The number of phenolic OH excluding ortho intramolecular Hbond substituents is 1. The molecule has 0 saturated heterocycles. The fraction of sp³-hybridized carbons (Fsp3) is 0. The second kappa shape index (κ2) is 6.23. The van der Waals surface area contributed by atoms with E-state index in [-0.39, 0.29) is 5.75 Å². The average molecular weight is 358 g/mol. The van der Waals surface area contributed by atoms with Crippen LogP contribution in [-0.2, 0) is 9.05 Å². The number of ether oxygens (including phenoxy) is 1. The number of hydrogen-bond donors (Lipinski definition) is 1. The number of nitrogens with zero attached hydrogens (tertiary/aromatic N) is 1. The summed E-state index contributed by atoms with van der Waals surface area (Å²) in [4.78, 5) is 21.0. The normalized spacial score (nSPS) is 11.0. The molecule has 8 nitrogen and oxygen atoms in total. The van der Waals surface area contributed by atoms with E-state index in [0.29, 0.717) is 12.1 Å². The summed E-state index contributed by atoms with van der Waals surface area (Å²) in [5.41, 5.74) is -1.43. The number of nitro benzene ring substituents is 1. The molecule has 2 aromatic rings. The van der Waals surface area contributed by atoms with Crippen LogP contribution in [-0.4, -0.2) is 24.4 Å². The van der Waals surface area contributed by atoms with Crippen LogP contribution in [0.5, 0.6) is 11.5 Å². The molecular weight excluding hydrogens is 350 g/mol. The van der Waals surface area contributed by atoms with Crippen molar-refractivity contribution in [3.63, 3.8) is 0 Å². The fourth-order valence-corrected chi connectivity index (χ4v) is 2.65. The van der Waals surface area contributed by atoms with E-state index in [1.165, 1.54) is 12.1 Å². The Kier molecular flexibility index (Phi) is 4.52. The Morgan fingerprint density at radius 1 is 1.22 bits per heavy atom. The molecule has 2 aromatic carbocycles. The summed E-state index contributed by atoms with van der Waals surface area (Å²) in [6.07, 6.45) is 0. The first-order chi connectivity index (χ1) is 10.7. The zero-order valence-corrected chi connectivity index (χ0v) is 12.7. The number of halogens is 1. The SMILES string of the molecule is O=C(Oc1ccccc1)c1cc([N+](=O)[O-])cc(S(=O)(=O)Cl)c1O. The zero-order chi connectivity index (χ0) is 17.2. The molecule has 0 aromatic heterocycles. The minimum absolute atomic E-state index is 0.110. The van der Waals surface area contributed by atoms with E-state index in [1.54, 1.807) is 18.2 Å². The first-order valence-electron chi connectivity index (χ1n) is 5.93. The number of esters is 1. The van der Waals surface area contributed by atoms with Gasteiger partial charge in [-0.2, -0.15) is 0 Å². The number of non-ortho nitro benzene ring substituents is 1. The Morgan fingerprint density at radius 2 is 1.83 bits per heavy atom. The van der Waals surface area contributed by atoms with Crippen LogP contribution in [0, 0.1) is 10.1 Å². The quantitative estimate of drug-likeness (QED) is 0.293. The van der Waals surface area contributed by atoms with E-state index in [9.17, 15) is 28.4 Å². The second-order valence-corrected chi connectivity index (χ2v) is 6.77.